The molecule has 0 fully saturated rings. The van der Waals surface area contributed by atoms with E-state index in [0.717, 1.165) is 21.9 Å². The summed E-state index contributed by atoms with van der Waals surface area (Å²) in [4.78, 5) is 16.3. The predicted octanol–water partition coefficient (Wildman–Crippen LogP) is 5.22. The number of halogens is 2. The second kappa shape index (κ2) is 11.6. The molecule has 0 atom stereocenters. The number of methoxy groups -OCH3 is 1. The van der Waals surface area contributed by atoms with Crippen LogP contribution in [0.2, 0.25) is 10.0 Å². The molecule has 0 aliphatic rings. The van der Waals surface area contributed by atoms with E-state index in [1.54, 1.807) is 49.5 Å². The number of carbonyl (C=O) groups is 1. The molecular weight excluding hydrogens is 457 g/mol. The minimum atomic E-state index is -0.415. The first-order valence-electron chi connectivity index (χ1n) is 9.15. The Morgan fingerprint density at radius 3 is 2.74 bits per heavy atom. The fourth-order valence-electron chi connectivity index (χ4n) is 2.52. The standard InChI is InChI=1S/C22H19Cl2N3O3S/c1-29-19-7-5-15(10-16(19)14-31-22-4-2-3-9-25-22)12-26-27-21(28)13-30-20-8-6-17(23)11-18(20)24/h2-12H,13-14H2,1H3,(H,27,28)/b26-12-. The van der Waals surface area contributed by atoms with Gasteiger partial charge in [0.1, 0.15) is 11.5 Å². The lowest BCUT2D eigenvalue weighted by Crippen LogP contribution is -2.24. The quantitative estimate of drug-likeness (QED) is 0.261. The molecule has 1 N–H and O–H groups in total. The molecule has 0 spiro atoms. The molecule has 2 aromatic carbocycles. The summed E-state index contributed by atoms with van der Waals surface area (Å²) in [7, 11) is 1.63. The number of benzene rings is 2. The first-order chi connectivity index (χ1) is 15.0. The molecule has 0 bridgehead atoms. The Morgan fingerprint density at radius 2 is 2.00 bits per heavy atom. The highest BCUT2D eigenvalue weighted by molar-refractivity contribution is 7.98. The average molecular weight is 476 g/mol. The van der Waals surface area contributed by atoms with Gasteiger partial charge in [-0.2, -0.15) is 5.10 Å². The van der Waals surface area contributed by atoms with Crippen molar-refractivity contribution in [3.8, 4) is 11.5 Å². The molecule has 6 nitrogen and oxygen atoms in total. The smallest absolute Gasteiger partial charge is 0.277 e. The van der Waals surface area contributed by atoms with Gasteiger partial charge in [-0.25, -0.2) is 10.4 Å². The Morgan fingerprint density at radius 1 is 1.16 bits per heavy atom. The molecular formula is C22H19Cl2N3O3S. The summed E-state index contributed by atoms with van der Waals surface area (Å²) in [5.41, 5.74) is 4.24. The molecule has 3 aromatic rings. The molecule has 3 rings (SSSR count). The highest BCUT2D eigenvalue weighted by atomic mass is 35.5. The van der Waals surface area contributed by atoms with E-state index in [0.29, 0.717) is 21.5 Å². The van der Waals surface area contributed by atoms with Gasteiger partial charge in [0.2, 0.25) is 0 Å². The van der Waals surface area contributed by atoms with Crippen LogP contribution < -0.4 is 14.9 Å². The monoisotopic (exact) mass is 475 g/mol. The van der Waals surface area contributed by atoms with Crippen LogP contribution in [0, 0.1) is 0 Å². The predicted molar refractivity (Wildman–Crippen MR) is 124 cm³/mol. The minimum Gasteiger partial charge on any atom is -0.496 e. The van der Waals surface area contributed by atoms with Crippen molar-refractivity contribution >= 4 is 47.1 Å². The van der Waals surface area contributed by atoms with Crippen molar-refractivity contribution in [2.45, 2.75) is 10.8 Å². The van der Waals surface area contributed by atoms with Crippen molar-refractivity contribution in [2.75, 3.05) is 13.7 Å². The molecule has 1 amide bonds. The zero-order valence-corrected chi connectivity index (χ0v) is 18.9. The zero-order chi connectivity index (χ0) is 22.1. The second-order valence-electron chi connectivity index (χ2n) is 6.18. The highest BCUT2D eigenvalue weighted by Crippen LogP contribution is 2.28. The van der Waals surface area contributed by atoms with Crippen molar-refractivity contribution in [3.63, 3.8) is 0 Å². The van der Waals surface area contributed by atoms with Crippen LogP contribution in [0.15, 0.2) is 70.9 Å². The van der Waals surface area contributed by atoms with E-state index in [9.17, 15) is 4.79 Å². The van der Waals surface area contributed by atoms with Crippen molar-refractivity contribution in [3.05, 3.63) is 82.0 Å². The topological polar surface area (TPSA) is 72.8 Å². The van der Waals surface area contributed by atoms with Gasteiger partial charge in [-0.05, 0) is 54.1 Å². The van der Waals surface area contributed by atoms with Gasteiger partial charge < -0.3 is 9.47 Å². The molecule has 1 aromatic heterocycles. The number of thioether (sulfide) groups is 1. The third kappa shape index (κ3) is 7.17. The van der Waals surface area contributed by atoms with Crippen molar-refractivity contribution in [1.29, 1.82) is 0 Å². The third-order valence-electron chi connectivity index (χ3n) is 3.97. The van der Waals surface area contributed by atoms with Gasteiger partial charge in [0, 0.05) is 22.5 Å². The molecule has 0 saturated heterocycles. The maximum Gasteiger partial charge on any atom is 0.277 e. The van der Waals surface area contributed by atoms with E-state index in [2.05, 4.69) is 15.5 Å². The summed E-state index contributed by atoms with van der Waals surface area (Å²) < 4.78 is 10.8. The highest BCUT2D eigenvalue weighted by Gasteiger charge is 2.07. The Labute approximate surface area is 194 Å². The number of nitrogens with zero attached hydrogens (tertiary/aromatic N) is 2. The number of carbonyl (C=O) groups excluding carboxylic acids is 1. The Balaban J connectivity index is 1.55. The number of rotatable bonds is 9. The molecule has 1 heterocycles. The van der Waals surface area contributed by atoms with E-state index in [-0.39, 0.29) is 6.61 Å². The maximum atomic E-state index is 12.0. The molecule has 9 heteroatoms. The van der Waals surface area contributed by atoms with Crippen molar-refractivity contribution in [2.24, 2.45) is 5.10 Å². The minimum absolute atomic E-state index is 0.229. The number of nitrogens with one attached hydrogen (secondary N) is 1. The number of hydrazone groups is 1. The van der Waals surface area contributed by atoms with Crippen molar-refractivity contribution in [1.82, 2.24) is 10.4 Å². The third-order valence-corrected chi connectivity index (χ3v) is 5.50. The van der Waals surface area contributed by atoms with Gasteiger partial charge in [0.15, 0.2) is 6.61 Å². The lowest BCUT2D eigenvalue weighted by atomic mass is 10.1. The molecule has 160 valence electrons. The first-order valence-corrected chi connectivity index (χ1v) is 10.9. The van der Waals surface area contributed by atoms with Gasteiger partial charge in [0.25, 0.3) is 5.91 Å². The first kappa shape index (κ1) is 22.9. The Hall–Kier alpha value is -2.74. The summed E-state index contributed by atoms with van der Waals surface area (Å²) in [6.45, 7) is -0.229. The van der Waals surface area contributed by atoms with Crippen LogP contribution in [0.1, 0.15) is 11.1 Å². The van der Waals surface area contributed by atoms with Gasteiger partial charge in [-0.1, -0.05) is 29.3 Å². The van der Waals surface area contributed by atoms with E-state index < -0.39 is 5.91 Å². The van der Waals surface area contributed by atoms with E-state index in [1.807, 2.05) is 36.4 Å². The molecule has 0 unspecified atom stereocenters. The van der Waals surface area contributed by atoms with Crippen LogP contribution in [-0.2, 0) is 10.5 Å². The SMILES string of the molecule is COc1ccc(/C=N\NC(=O)COc2ccc(Cl)cc2Cl)cc1CSc1ccccn1. The van der Waals surface area contributed by atoms with E-state index >= 15 is 0 Å². The summed E-state index contributed by atoms with van der Waals surface area (Å²) in [6, 6.07) is 16.2. The van der Waals surface area contributed by atoms with Crippen LogP contribution in [0.4, 0.5) is 0 Å². The number of ether oxygens (including phenoxy) is 2. The fourth-order valence-corrected chi connectivity index (χ4v) is 3.82. The number of aromatic nitrogens is 1. The number of pyridine rings is 1. The second-order valence-corrected chi connectivity index (χ2v) is 8.02. The normalized spacial score (nSPS) is 10.8. The van der Waals surface area contributed by atoms with Gasteiger partial charge >= 0.3 is 0 Å². The lowest BCUT2D eigenvalue weighted by molar-refractivity contribution is -0.123. The van der Waals surface area contributed by atoms with E-state index in [4.69, 9.17) is 32.7 Å². The van der Waals surface area contributed by atoms with Crippen LogP contribution >= 0.6 is 35.0 Å². The van der Waals surface area contributed by atoms with E-state index in [1.165, 1.54) is 0 Å². The summed E-state index contributed by atoms with van der Waals surface area (Å²) in [5.74, 6) is 1.42. The van der Waals surface area contributed by atoms with Gasteiger partial charge in [-0.3, -0.25) is 4.79 Å². The number of hydrogen-bond acceptors (Lipinski definition) is 6. The molecule has 0 saturated carbocycles. The lowest BCUT2D eigenvalue weighted by Gasteiger charge is -2.09. The Kier molecular flexibility index (Phi) is 8.58. The molecule has 0 radical (unpaired) electrons. The van der Waals surface area contributed by atoms with Crippen LogP contribution in [0.25, 0.3) is 0 Å². The Bertz CT molecular complexity index is 1070. The van der Waals surface area contributed by atoms with Crippen LogP contribution in [0.3, 0.4) is 0 Å². The number of amides is 1. The largest absolute Gasteiger partial charge is 0.496 e. The average Bonchev–Trinajstić information content (AvgIpc) is 2.78. The fraction of sp³-hybridized carbons (Fsp3) is 0.136. The molecule has 31 heavy (non-hydrogen) atoms. The summed E-state index contributed by atoms with van der Waals surface area (Å²) in [5, 5.41) is 5.74. The number of hydrogen-bond donors (Lipinski definition) is 1. The maximum absolute atomic E-state index is 12.0. The van der Waals surface area contributed by atoms with Crippen LogP contribution in [-0.4, -0.2) is 30.8 Å². The van der Waals surface area contributed by atoms with Gasteiger partial charge in [0.05, 0.1) is 23.4 Å². The summed E-state index contributed by atoms with van der Waals surface area (Å²) >= 11 is 13.5. The van der Waals surface area contributed by atoms with Crippen LogP contribution in [0.5, 0.6) is 11.5 Å². The molecule has 0 aliphatic carbocycles. The molecule has 0 aliphatic heterocycles. The van der Waals surface area contributed by atoms with Crippen molar-refractivity contribution < 1.29 is 14.3 Å². The zero-order valence-electron chi connectivity index (χ0n) is 16.5. The van der Waals surface area contributed by atoms with Gasteiger partial charge in [-0.15, -0.1) is 11.8 Å². The summed E-state index contributed by atoms with van der Waals surface area (Å²) in [6.07, 6.45) is 3.32.